The summed E-state index contributed by atoms with van der Waals surface area (Å²) in [5.41, 5.74) is 0.989. The Morgan fingerprint density at radius 1 is 1.35 bits per heavy atom. The molecular formula is C16H25FN2O. The van der Waals surface area contributed by atoms with E-state index in [1.165, 1.54) is 6.07 Å². The van der Waals surface area contributed by atoms with Crippen molar-refractivity contribution in [1.29, 1.82) is 0 Å². The molecule has 1 aliphatic heterocycles. The Morgan fingerprint density at radius 2 is 2.10 bits per heavy atom. The average Bonchev–Trinajstić information content (AvgIpc) is 2.49. The van der Waals surface area contributed by atoms with Gasteiger partial charge in [0.25, 0.3) is 0 Å². The number of methoxy groups -OCH3 is 1. The lowest BCUT2D eigenvalue weighted by Crippen LogP contribution is -2.45. The van der Waals surface area contributed by atoms with Crippen molar-refractivity contribution in [2.45, 2.75) is 32.2 Å². The average molecular weight is 280 g/mol. The Kier molecular flexibility index (Phi) is 5.80. The number of nitrogens with zero attached hydrogens (tertiary/aromatic N) is 1. The third-order valence-corrected chi connectivity index (χ3v) is 3.98. The Hall–Kier alpha value is -1.13. The molecule has 0 aliphatic carbocycles. The maximum absolute atomic E-state index is 13.9. The van der Waals surface area contributed by atoms with Crippen molar-refractivity contribution in [1.82, 2.24) is 10.2 Å². The minimum Gasteiger partial charge on any atom is -0.493 e. The maximum atomic E-state index is 13.9. The summed E-state index contributed by atoms with van der Waals surface area (Å²) in [4.78, 5) is 2.45. The second-order valence-electron chi connectivity index (χ2n) is 5.31. The van der Waals surface area contributed by atoms with E-state index < -0.39 is 0 Å². The number of benzene rings is 1. The molecule has 1 aliphatic rings. The Morgan fingerprint density at radius 3 is 2.75 bits per heavy atom. The molecule has 4 heteroatoms. The summed E-state index contributed by atoms with van der Waals surface area (Å²) in [6.07, 6.45) is 3.35. The van der Waals surface area contributed by atoms with E-state index in [4.69, 9.17) is 4.74 Å². The molecule has 20 heavy (non-hydrogen) atoms. The fourth-order valence-electron chi connectivity index (χ4n) is 2.93. The van der Waals surface area contributed by atoms with Crippen LogP contribution in [0.2, 0.25) is 0 Å². The van der Waals surface area contributed by atoms with Gasteiger partial charge in [0.05, 0.1) is 7.11 Å². The summed E-state index contributed by atoms with van der Waals surface area (Å²) in [6.45, 7) is 6.21. The quantitative estimate of drug-likeness (QED) is 0.867. The van der Waals surface area contributed by atoms with Gasteiger partial charge in [-0.2, -0.15) is 0 Å². The second-order valence-corrected chi connectivity index (χ2v) is 5.31. The predicted molar refractivity (Wildman–Crippen MR) is 79.7 cm³/mol. The number of hydrogen-bond donors (Lipinski definition) is 1. The van der Waals surface area contributed by atoms with Gasteiger partial charge >= 0.3 is 0 Å². The van der Waals surface area contributed by atoms with E-state index >= 15 is 0 Å². The lowest BCUT2D eigenvalue weighted by atomic mass is 9.97. The van der Waals surface area contributed by atoms with Gasteiger partial charge in [-0.3, -0.25) is 4.90 Å². The fraction of sp³-hybridized carbons (Fsp3) is 0.625. The highest BCUT2D eigenvalue weighted by molar-refractivity contribution is 5.37. The van der Waals surface area contributed by atoms with Crippen molar-refractivity contribution >= 4 is 0 Å². The third-order valence-electron chi connectivity index (χ3n) is 3.98. The van der Waals surface area contributed by atoms with Gasteiger partial charge in [0.15, 0.2) is 11.6 Å². The summed E-state index contributed by atoms with van der Waals surface area (Å²) in [6, 6.07) is 5.51. The van der Waals surface area contributed by atoms with Crippen molar-refractivity contribution in [3.05, 3.63) is 29.6 Å². The number of halogens is 1. The van der Waals surface area contributed by atoms with Crippen LogP contribution in [0, 0.1) is 5.82 Å². The minimum atomic E-state index is -0.262. The predicted octanol–water partition coefficient (Wildman–Crippen LogP) is 2.97. The molecule has 3 nitrogen and oxygen atoms in total. The molecule has 0 amide bonds. The van der Waals surface area contributed by atoms with Crippen molar-refractivity contribution in [3.63, 3.8) is 0 Å². The molecule has 0 saturated carbocycles. The van der Waals surface area contributed by atoms with Gasteiger partial charge in [0.2, 0.25) is 0 Å². The zero-order chi connectivity index (χ0) is 14.4. The van der Waals surface area contributed by atoms with E-state index in [2.05, 4.69) is 17.1 Å². The Labute approximate surface area is 121 Å². The lowest BCUT2D eigenvalue weighted by molar-refractivity contribution is 0.159. The zero-order valence-corrected chi connectivity index (χ0v) is 12.5. The topological polar surface area (TPSA) is 24.5 Å². The van der Waals surface area contributed by atoms with Gasteiger partial charge in [0, 0.05) is 37.8 Å². The van der Waals surface area contributed by atoms with Crippen molar-refractivity contribution in [2.24, 2.45) is 0 Å². The van der Waals surface area contributed by atoms with E-state index in [1.807, 2.05) is 6.07 Å². The first-order chi connectivity index (χ1) is 9.77. The molecule has 0 spiro atoms. The number of para-hydroxylation sites is 1. The number of nitrogens with one attached hydrogen (secondary N) is 1. The summed E-state index contributed by atoms with van der Waals surface area (Å²) in [5, 5.41) is 3.37. The van der Waals surface area contributed by atoms with Crippen LogP contribution in [0.15, 0.2) is 18.2 Å². The summed E-state index contributed by atoms with van der Waals surface area (Å²) in [5.74, 6) is 0.147. The summed E-state index contributed by atoms with van der Waals surface area (Å²) < 4.78 is 19.3. The molecule has 1 aromatic carbocycles. The first-order valence-electron chi connectivity index (χ1n) is 7.55. The van der Waals surface area contributed by atoms with E-state index in [0.717, 1.165) is 51.0 Å². The van der Waals surface area contributed by atoms with Crippen LogP contribution < -0.4 is 10.1 Å². The number of rotatable bonds is 6. The second kappa shape index (κ2) is 7.60. The molecule has 1 saturated heterocycles. The van der Waals surface area contributed by atoms with Gasteiger partial charge < -0.3 is 10.1 Å². The largest absolute Gasteiger partial charge is 0.493 e. The fourth-order valence-corrected chi connectivity index (χ4v) is 2.93. The van der Waals surface area contributed by atoms with Crippen molar-refractivity contribution in [2.75, 3.05) is 33.3 Å². The van der Waals surface area contributed by atoms with Crippen molar-refractivity contribution < 1.29 is 9.13 Å². The van der Waals surface area contributed by atoms with Crippen LogP contribution in [0.4, 0.5) is 4.39 Å². The number of unbranched alkanes of at least 4 members (excludes halogenated alkanes) is 1. The van der Waals surface area contributed by atoms with Crippen molar-refractivity contribution in [3.8, 4) is 5.75 Å². The molecule has 1 atom stereocenters. The SMILES string of the molecule is CCCC[C@@H](c1cccc(F)c1OC)N1CCNCC1. The molecule has 0 unspecified atom stereocenters. The van der Waals surface area contributed by atoms with Gasteiger partial charge in [-0.25, -0.2) is 4.39 Å². The van der Waals surface area contributed by atoms with Gasteiger partial charge in [0.1, 0.15) is 0 Å². The standard InChI is InChI=1S/C16H25FN2O/c1-3-4-8-15(19-11-9-18-10-12-19)13-6-5-7-14(17)16(13)20-2/h5-7,15,18H,3-4,8-12H2,1-2H3/t15-/m0/s1. The molecule has 2 rings (SSSR count). The van der Waals surface area contributed by atoms with Crippen LogP contribution in [0.1, 0.15) is 37.8 Å². The van der Waals surface area contributed by atoms with E-state index in [-0.39, 0.29) is 11.9 Å². The van der Waals surface area contributed by atoms with Crippen LogP contribution in [0.5, 0.6) is 5.75 Å². The molecule has 0 aromatic heterocycles. The minimum absolute atomic E-state index is 0.252. The van der Waals surface area contributed by atoms with E-state index in [1.54, 1.807) is 13.2 Å². The maximum Gasteiger partial charge on any atom is 0.165 e. The van der Waals surface area contributed by atoms with Gasteiger partial charge in [-0.1, -0.05) is 31.9 Å². The highest BCUT2D eigenvalue weighted by Crippen LogP contribution is 2.34. The third kappa shape index (κ3) is 3.49. The van der Waals surface area contributed by atoms with Crippen LogP contribution in [-0.2, 0) is 0 Å². The van der Waals surface area contributed by atoms with Crippen LogP contribution in [-0.4, -0.2) is 38.2 Å². The van der Waals surface area contributed by atoms with Crippen LogP contribution in [0.25, 0.3) is 0 Å². The zero-order valence-electron chi connectivity index (χ0n) is 12.5. The molecule has 0 bridgehead atoms. The molecule has 112 valence electrons. The molecule has 0 radical (unpaired) electrons. The molecular weight excluding hydrogens is 255 g/mol. The van der Waals surface area contributed by atoms with Crippen LogP contribution >= 0.6 is 0 Å². The Bertz CT molecular complexity index is 419. The van der Waals surface area contributed by atoms with Crippen LogP contribution in [0.3, 0.4) is 0 Å². The first-order valence-corrected chi connectivity index (χ1v) is 7.55. The number of ether oxygens (including phenoxy) is 1. The number of hydrogen-bond acceptors (Lipinski definition) is 3. The summed E-state index contributed by atoms with van der Waals surface area (Å²) in [7, 11) is 1.55. The molecule has 1 heterocycles. The highest BCUT2D eigenvalue weighted by atomic mass is 19.1. The molecule has 1 aromatic rings. The number of piperazine rings is 1. The van der Waals surface area contributed by atoms with Gasteiger partial charge in [-0.05, 0) is 12.5 Å². The van der Waals surface area contributed by atoms with E-state index in [0.29, 0.717) is 5.75 Å². The first kappa shape index (κ1) is 15.3. The molecule has 1 fully saturated rings. The normalized spacial score (nSPS) is 17.9. The lowest BCUT2D eigenvalue weighted by Gasteiger charge is -2.36. The molecule has 1 N–H and O–H groups in total. The monoisotopic (exact) mass is 280 g/mol. The van der Waals surface area contributed by atoms with E-state index in [9.17, 15) is 4.39 Å². The summed E-state index contributed by atoms with van der Waals surface area (Å²) >= 11 is 0. The Balaban J connectivity index is 2.27. The van der Waals surface area contributed by atoms with Gasteiger partial charge in [-0.15, -0.1) is 0 Å². The highest BCUT2D eigenvalue weighted by Gasteiger charge is 2.25. The smallest absolute Gasteiger partial charge is 0.165 e.